The van der Waals surface area contributed by atoms with Crippen LogP contribution in [0, 0.1) is 0 Å². The van der Waals surface area contributed by atoms with Crippen LogP contribution in [0.5, 0.6) is 5.75 Å². The quantitative estimate of drug-likeness (QED) is 0.776. The highest BCUT2D eigenvalue weighted by Crippen LogP contribution is 2.18. The van der Waals surface area contributed by atoms with Gasteiger partial charge in [0.15, 0.2) is 0 Å². The maximum absolute atomic E-state index is 12.3. The number of carbonyl (C=O) groups is 1. The van der Waals surface area contributed by atoms with Crippen molar-refractivity contribution in [2.75, 3.05) is 11.8 Å². The Bertz CT molecular complexity index is 437. The normalized spacial score (nSPS) is 11.5. The lowest BCUT2D eigenvalue weighted by Crippen LogP contribution is -2.51. The molecule has 0 aliphatic rings. The molecule has 20 heavy (non-hydrogen) atoms. The van der Waals surface area contributed by atoms with Gasteiger partial charge in [-0.15, -0.1) is 23.2 Å². The van der Waals surface area contributed by atoms with Crippen molar-refractivity contribution in [3.05, 3.63) is 29.8 Å². The van der Waals surface area contributed by atoms with E-state index in [1.165, 1.54) is 0 Å². The second kappa shape index (κ2) is 7.75. The zero-order valence-corrected chi connectivity index (χ0v) is 13.6. The summed E-state index contributed by atoms with van der Waals surface area (Å²) in [5.74, 6) is 1.04. The van der Waals surface area contributed by atoms with Gasteiger partial charge in [0.25, 0.3) is 5.91 Å². The molecule has 0 spiro atoms. The summed E-state index contributed by atoms with van der Waals surface area (Å²) in [4.78, 5) is 12.3. The van der Waals surface area contributed by atoms with Crippen LogP contribution in [0.15, 0.2) is 24.3 Å². The summed E-state index contributed by atoms with van der Waals surface area (Å²) in [6.45, 7) is 5.83. The Morgan fingerprint density at radius 3 is 2.50 bits per heavy atom. The van der Waals surface area contributed by atoms with Crippen molar-refractivity contribution in [2.45, 2.75) is 38.8 Å². The fraction of sp³-hybridized carbons (Fsp3) is 0.533. The zero-order chi connectivity index (χ0) is 15.2. The van der Waals surface area contributed by atoms with Gasteiger partial charge in [0.1, 0.15) is 5.75 Å². The Balaban J connectivity index is 2.86. The number of amides is 1. The van der Waals surface area contributed by atoms with E-state index in [9.17, 15) is 4.79 Å². The predicted octanol–water partition coefficient (Wildman–Crippen LogP) is 3.83. The minimum absolute atomic E-state index is 0.0636. The molecule has 0 aliphatic heterocycles. The molecular formula is C15H21Cl2NO2. The van der Waals surface area contributed by atoms with Crippen molar-refractivity contribution in [2.24, 2.45) is 0 Å². The lowest BCUT2D eigenvalue weighted by molar-refractivity contribution is 0.0912. The number of ether oxygens (including phenoxy) is 1. The number of nitrogens with one attached hydrogen (secondary N) is 1. The van der Waals surface area contributed by atoms with E-state index in [0.717, 1.165) is 0 Å². The number of rotatable bonds is 7. The van der Waals surface area contributed by atoms with Gasteiger partial charge in [-0.2, -0.15) is 0 Å². The summed E-state index contributed by atoms with van der Waals surface area (Å²) >= 11 is 11.9. The second-order valence-corrected chi connectivity index (χ2v) is 5.58. The molecule has 1 aromatic rings. The van der Waals surface area contributed by atoms with E-state index in [1.807, 2.05) is 26.8 Å². The van der Waals surface area contributed by atoms with E-state index >= 15 is 0 Å². The molecule has 1 amide bonds. The van der Waals surface area contributed by atoms with E-state index in [-0.39, 0.29) is 23.8 Å². The van der Waals surface area contributed by atoms with Crippen LogP contribution in [0.3, 0.4) is 0 Å². The Hall–Kier alpha value is -0.930. The van der Waals surface area contributed by atoms with Gasteiger partial charge in [-0.3, -0.25) is 4.79 Å². The Labute approximate surface area is 130 Å². The minimum Gasteiger partial charge on any atom is -0.491 e. The van der Waals surface area contributed by atoms with Crippen LogP contribution < -0.4 is 10.1 Å². The number of benzene rings is 1. The number of carbonyl (C=O) groups excluding carboxylic acids is 1. The van der Waals surface area contributed by atoms with E-state index in [2.05, 4.69) is 5.32 Å². The van der Waals surface area contributed by atoms with Crippen molar-refractivity contribution in [3.8, 4) is 5.75 Å². The Morgan fingerprint density at radius 2 is 2.00 bits per heavy atom. The highest BCUT2D eigenvalue weighted by atomic mass is 35.5. The van der Waals surface area contributed by atoms with Crippen LogP contribution in [-0.2, 0) is 0 Å². The summed E-state index contributed by atoms with van der Waals surface area (Å²) in [5.41, 5.74) is -0.0361. The topological polar surface area (TPSA) is 38.3 Å². The van der Waals surface area contributed by atoms with Crippen molar-refractivity contribution in [1.29, 1.82) is 0 Å². The van der Waals surface area contributed by atoms with Gasteiger partial charge in [0.05, 0.1) is 11.6 Å². The first-order valence-electron chi connectivity index (χ1n) is 6.67. The summed E-state index contributed by atoms with van der Waals surface area (Å²) < 4.78 is 5.58. The van der Waals surface area contributed by atoms with Gasteiger partial charge in [-0.05, 0) is 38.5 Å². The molecule has 0 radical (unpaired) electrons. The summed E-state index contributed by atoms with van der Waals surface area (Å²) in [5, 5.41) is 2.92. The van der Waals surface area contributed by atoms with Gasteiger partial charge in [-0.1, -0.05) is 13.0 Å². The van der Waals surface area contributed by atoms with Crippen molar-refractivity contribution in [1.82, 2.24) is 5.32 Å². The number of alkyl halides is 2. The molecule has 0 heterocycles. The van der Waals surface area contributed by atoms with E-state index in [0.29, 0.717) is 17.7 Å². The average Bonchev–Trinajstić information content (AvgIpc) is 2.44. The summed E-state index contributed by atoms with van der Waals surface area (Å²) in [6, 6.07) is 7.08. The third-order valence-electron chi connectivity index (χ3n) is 3.04. The SMILES string of the molecule is CCC(CCl)(CCl)NC(=O)c1cccc(OC(C)C)c1. The third-order valence-corrected chi connectivity index (χ3v) is 4.06. The van der Waals surface area contributed by atoms with Crippen LogP contribution in [0.1, 0.15) is 37.6 Å². The maximum atomic E-state index is 12.3. The molecule has 0 saturated heterocycles. The Kier molecular flexibility index (Phi) is 6.63. The van der Waals surface area contributed by atoms with E-state index in [4.69, 9.17) is 27.9 Å². The number of hydrogen-bond acceptors (Lipinski definition) is 2. The molecule has 0 bridgehead atoms. The second-order valence-electron chi connectivity index (χ2n) is 5.05. The zero-order valence-electron chi connectivity index (χ0n) is 12.1. The summed E-state index contributed by atoms with van der Waals surface area (Å²) in [7, 11) is 0. The largest absolute Gasteiger partial charge is 0.491 e. The van der Waals surface area contributed by atoms with Crippen LogP contribution in [-0.4, -0.2) is 29.3 Å². The van der Waals surface area contributed by atoms with Crippen LogP contribution >= 0.6 is 23.2 Å². The molecule has 0 atom stereocenters. The Morgan fingerprint density at radius 1 is 1.35 bits per heavy atom. The fourth-order valence-corrected chi connectivity index (χ4v) is 2.47. The average molecular weight is 318 g/mol. The van der Waals surface area contributed by atoms with Crippen molar-refractivity contribution in [3.63, 3.8) is 0 Å². The highest BCUT2D eigenvalue weighted by molar-refractivity contribution is 6.22. The standard InChI is InChI=1S/C15H21Cl2NO2/c1-4-15(9-16,10-17)18-14(19)12-6-5-7-13(8-12)20-11(2)3/h5-8,11H,4,9-10H2,1-3H3,(H,18,19). The lowest BCUT2D eigenvalue weighted by Gasteiger charge is -2.29. The molecule has 1 N–H and O–H groups in total. The molecule has 0 aromatic heterocycles. The van der Waals surface area contributed by atoms with Gasteiger partial charge >= 0.3 is 0 Å². The fourth-order valence-electron chi connectivity index (χ4n) is 1.68. The first-order valence-corrected chi connectivity index (χ1v) is 7.74. The molecule has 0 fully saturated rings. The smallest absolute Gasteiger partial charge is 0.251 e. The number of halogens is 2. The molecule has 3 nitrogen and oxygen atoms in total. The monoisotopic (exact) mass is 317 g/mol. The molecule has 5 heteroatoms. The molecular weight excluding hydrogens is 297 g/mol. The van der Waals surface area contributed by atoms with Gasteiger partial charge in [-0.25, -0.2) is 0 Å². The maximum Gasteiger partial charge on any atom is 0.251 e. The number of hydrogen-bond donors (Lipinski definition) is 1. The van der Waals surface area contributed by atoms with Crippen LogP contribution in [0.4, 0.5) is 0 Å². The van der Waals surface area contributed by atoms with Gasteiger partial charge in [0, 0.05) is 17.3 Å². The van der Waals surface area contributed by atoms with Crippen molar-refractivity contribution >= 4 is 29.1 Å². The van der Waals surface area contributed by atoms with Crippen LogP contribution in [0.2, 0.25) is 0 Å². The summed E-state index contributed by atoms with van der Waals surface area (Å²) in [6.07, 6.45) is 0.738. The molecule has 1 aromatic carbocycles. The van der Waals surface area contributed by atoms with Gasteiger partial charge < -0.3 is 10.1 Å². The molecule has 112 valence electrons. The van der Waals surface area contributed by atoms with Crippen molar-refractivity contribution < 1.29 is 9.53 Å². The predicted molar refractivity (Wildman–Crippen MR) is 84.1 cm³/mol. The highest BCUT2D eigenvalue weighted by Gasteiger charge is 2.28. The lowest BCUT2D eigenvalue weighted by atomic mass is 10.0. The van der Waals surface area contributed by atoms with E-state index in [1.54, 1.807) is 18.2 Å². The molecule has 1 rings (SSSR count). The van der Waals surface area contributed by atoms with E-state index < -0.39 is 5.54 Å². The third kappa shape index (κ3) is 4.57. The molecule has 0 aliphatic carbocycles. The first kappa shape index (κ1) is 17.1. The van der Waals surface area contributed by atoms with Gasteiger partial charge in [0.2, 0.25) is 0 Å². The molecule has 0 unspecified atom stereocenters. The van der Waals surface area contributed by atoms with Crippen LogP contribution in [0.25, 0.3) is 0 Å². The first-order chi connectivity index (χ1) is 9.46. The molecule has 0 saturated carbocycles. The minimum atomic E-state index is -0.574.